The first kappa shape index (κ1) is 29.3. The minimum absolute atomic E-state index is 0.0161. The van der Waals surface area contributed by atoms with Crippen LogP contribution in [0.5, 0.6) is 0 Å². The number of hydrogen-bond acceptors (Lipinski definition) is 6. The van der Waals surface area contributed by atoms with E-state index in [0.717, 1.165) is 22.9 Å². The summed E-state index contributed by atoms with van der Waals surface area (Å²) in [4.78, 5) is 0.322. The highest BCUT2D eigenvalue weighted by Crippen LogP contribution is 2.36. The molecule has 0 atom stereocenters. The highest BCUT2D eigenvalue weighted by atomic mass is 32.2. The Hall–Kier alpha value is -3.24. The Bertz CT molecular complexity index is 1500. The first-order chi connectivity index (χ1) is 17.6. The van der Waals surface area contributed by atoms with Gasteiger partial charge in [0.1, 0.15) is 0 Å². The zero-order chi connectivity index (χ0) is 28.4. The second-order valence-corrected chi connectivity index (χ2v) is 13.8. The molecule has 3 aromatic carbocycles. The van der Waals surface area contributed by atoms with Gasteiger partial charge in [-0.2, -0.15) is 0 Å². The van der Waals surface area contributed by atoms with Gasteiger partial charge in [0, 0.05) is 5.69 Å². The van der Waals surface area contributed by atoms with Gasteiger partial charge in [-0.1, -0.05) is 59.7 Å². The van der Waals surface area contributed by atoms with E-state index in [2.05, 4.69) is 28.6 Å². The molecule has 8 nitrogen and oxygen atoms in total. The summed E-state index contributed by atoms with van der Waals surface area (Å²) in [5, 5.41) is 3.15. The van der Waals surface area contributed by atoms with Gasteiger partial charge >= 0.3 is 0 Å². The predicted octanol–water partition coefficient (Wildman–Crippen LogP) is 6.55. The average molecular weight is 559 g/mol. The minimum Gasteiger partial charge on any atom is -0.397 e. The van der Waals surface area contributed by atoms with Crippen molar-refractivity contribution in [3.8, 4) is 0 Å². The molecule has 5 N–H and O–H groups in total. The second kappa shape index (κ2) is 11.2. The monoisotopic (exact) mass is 558 g/mol. The lowest BCUT2D eigenvalue weighted by molar-refractivity contribution is 0.595. The van der Waals surface area contributed by atoms with Crippen molar-refractivity contribution in [3.63, 3.8) is 0 Å². The zero-order valence-electron chi connectivity index (χ0n) is 23.0. The van der Waals surface area contributed by atoms with Gasteiger partial charge in [-0.3, -0.25) is 9.44 Å². The van der Waals surface area contributed by atoms with Crippen LogP contribution in [0.1, 0.15) is 76.0 Å². The average Bonchev–Trinajstić information content (AvgIpc) is 2.78. The standard InChI is InChI=1S/C28H38N4O4S2/c1-17(2)20-13-24(18(3)4)28(25(14-20)19(5)6)38(35,36)32-23-11-12-27(26(29)16-23)30-21-9-8-10-22(15-21)31-37(7,33)34/h8-19,30-32H,29H2,1-7H3. The Morgan fingerprint density at radius 1 is 0.684 bits per heavy atom. The van der Waals surface area contributed by atoms with Crippen molar-refractivity contribution in [2.45, 2.75) is 64.2 Å². The fourth-order valence-corrected chi connectivity index (χ4v) is 6.48. The van der Waals surface area contributed by atoms with Crippen molar-refractivity contribution in [2.75, 3.05) is 26.8 Å². The van der Waals surface area contributed by atoms with Crippen LogP contribution in [-0.4, -0.2) is 23.1 Å². The van der Waals surface area contributed by atoms with Crippen LogP contribution in [0.3, 0.4) is 0 Å². The first-order valence-electron chi connectivity index (χ1n) is 12.5. The van der Waals surface area contributed by atoms with Gasteiger partial charge in [0.25, 0.3) is 10.0 Å². The Morgan fingerprint density at radius 2 is 1.24 bits per heavy atom. The molecule has 0 heterocycles. The summed E-state index contributed by atoms with van der Waals surface area (Å²) < 4.78 is 55.7. The third-order valence-corrected chi connectivity index (χ3v) is 8.22. The van der Waals surface area contributed by atoms with Crippen molar-refractivity contribution in [1.82, 2.24) is 0 Å². The third kappa shape index (κ3) is 7.20. The maximum absolute atomic E-state index is 13.7. The van der Waals surface area contributed by atoms with Crippen LogP contribution in [-0.2, 0) is 20.0 Å². The normalized spacial score (nSPS) is 12.3. The predicted molar refractivity (Wildman–Crippen MR) is 159 cm³/mol. The topological polar surface area (TPSA) is 130 Å². The number of nitrogen functional groups attached to an aromatic ring is 1. The molecule has 206 valence electrons. The SMILES string of the molecule is CC(C)c1cc(C(C)C)c(S(=O)(=O)Nc2ccc(Nc3cccc(NS(C)(=O)=O)c3)c(N)c2)c(C(C)C)c1. The van der Waals surface area contributed by atoms with Crippen LogP contribution in [0.25, 0.3) is 0 Å². The Kier molecular flexibility index (Phi) is 8.68. The molecule has 0 unspecified atom stereocenters. The fraction of sp³-hybridized carbons (Fsp3) is 0.357. The van der Waals surface area contributed by atoms with Crippen molar-refractivity contribution in [2.24, 2.45) is 0 Å². The highest BCUT2D eigenvalue weighted by Gasteiger charge is 2.27. The van der Waals surface area contributed by atoms with E-state index < -0.39 is 20.0 Å². The van der Waals surface area contributed by atoms with Crippen LogP contribution in [0.15, 0.2) is 59.5 Å². The summed E-state index contributed by atoms with van der Waals surface area (Å²) in [5.41, 5.74) is 11.2. The molecule has 0 aliphatic heterocycles. The van der Waals surface area contributed by atoms with Gasteiger partial charge in [0.15, 0.2) is 0 Å². The second-order valence-electron chi connectivity index (χ2n) is 10.5. The molecule has 0 aromatic heterocycles. The Labute approximate surface area is 227 Å². The lowest BCUT2D eigenvalue weighted by atomic mass is 9.89. The fourth-order valence-electron chi connectivity index (χ4n) is 4.18. The summed E-state index contributed by atoms with van der Waals surface area (Å²) in [6.07, 6.45) is 1.08. The lowest BCUT2D eigenvalue weighted by Gasteiger charge is -2.23. The summed E-state index contributed by atoms with van der Waals surface area (Å²) in [6.45, 7) is 12.2. The lowest BCUT2D eigenvalue weighted by Crippen LogP contribution is -2.19. The Morgan fingerprint density at radius 3 is 1.74 bits per heavy atom. The highest BCUT2D eigenvalue weighted by molar-refractivity contribution is 7.93. The van der Waals surface area contributed by atoms with Crippen LogP contribution in [0, 0.1) is 0 Å². The quantitative estimate of drug-likeness (QED) is 0.209. The van der Waals surface area contributed by atoms with Gasteiger partial charge in [-0.15, -0.1) is 0 Å². The molecular weight excluding hydrogens is 520 g/mol. The molecule has 3 aromatic rings. The van der Waals surface area contributed by atoms with E-state index in [4.69, 9.17) is 5.73 Å². The molecule has 0 aliphatic carbocycles. The number of benzene rings is 3. The summed E-state index contributed by atoms with van der Waals surface area (Å²) in [7, 11) is -7.32. The van der Waals surface area contributed by atoms with Crippen molar-refractivity contribution in [1.29, 1.82) is 0 Å². The smallest absolute Gasteiger partial charge is 0.262 e. The van der Waals surface area contributed by atoms with E-state index in [9.17, 15) is 16.8 Å². The van der Waals surface area contributed by atoms with Crippen molar-refractivity contribution in [3.05, 3.63) is 71.3 Å². The zero-order valence-corrected chi connectivity index (χ0v) is 24.6. The van der Waals surface area contributed by atoms with Gasteiger partial charge in [-0.05, 0) is 70.8 Å². The molecule has 0 spiro atoms. The molecule has 10 heteroatoms. The van der Waals surface area contributed by atoms with Gasteiger partial charge in [0.05, 0.1) is 33.9 Å². The Balaban J connectivity index is 1.94. The molecule has 0 saturated heterocycles. The van der Waals surface area contributed by atoms with E-state index in [1.165, 1.54) is 0 Å². The number of sulfonamides is 2. The van der Waals surface area contributed by atoms with Crippen molar-refractivity contribution < 1.29 is 16.8 Å². The molecule has 0 fully saturated rings. The summed E-state index contributed by atoms with van der Waals surface area (Å²) >= 11 is 0. The third-order valence-electron chi connectivity index (χ3n) is 6.10. The number of nitrogens with one attached hydrogen (secondary N) is 3. The maximum atomic E-state index is 13.7. The van der Waals surface area contributed by atoms with Crippen LogP contribution >= 0.6 is 0 Å². The van der Waals surface area contributed by atoms with Crippen molar-refractivity contribution >= 4 is 48.5 Å². The molecule has 0 radical (unpaired) electrons. The van der Waals surface area contributed by atoms with Crippen LogP contribution in [0.2, 0.25) is 0 Å². The molecule has 0 saturated carbocycles. The van der Waals surface area contributed by atoms with E-state index in [1.54, 1.807) is 42.5 Å². The summed E-state index contributed by atoms with van der Waals surface area (Å²) in [5.74, 6) is 0.308. The number of rotatable bonds is 10. The molecule has 3 rings (SSSR count). The molecule has 38 heavy (non-hydrogen) atoms. The summed E-state index contributed by atoms with van der Waals surface area (Å²) in [6, 6.07) is 15.6. The minimum atomic E-state index is -3.91. The van der Waals surface area contributed by atoms with E-state index in [0.29, 0.717) is 33.3 Å². The van der Waals surface area contributed by atoms with Gasteiger partial charge in [0.2, 0.25) is 10.0 Å². The molecule has 0 amide bonds. The molecule has 0 bridgehead atoms. The molecular formula is C28H38N4O4S2. The number of anilines is 5. The van der Waals surface area contributed by atoms with E-state index in [-0.39, 0.29) is 17.8 Å². The van der Waals surface area contributed by atoms with E-state index >= 15 is 0 Å². The van der Waals surface area contributed by atoms with Gasteiger partial charge in [-0.25, -0.2) is 16.8 Å². The maximum Gasteiger partial charge on any atom is 0.262 e. The number of nitrogens with two attached hydrogens (primary N) is 1. The van der Waals surface area contributed by atoms with Crippen LogP contribution < -0.4 is 20.5 Å². The number of hydrogen-bond donors (Lipinski definition) is 4. The van der Waals surface area contributed by atoms with Gasteiger partial charge < -0.3 is 11.1 Å². The molecule has 0 aliphatic rings. The van der Waals surface area contributed by atoms with Crippen LogP contribution in [0.4, 0.5) is 28.4 Å². The largest absolute Gasteiger partial charge is 0.397 e. The first-order valence-corrected chi connectivity index (χ1v) is 15.9. The van der Waals surface area contributed by atoms with E-state index in [1.807, 2.05) is 39.8 Å².